The summed E-state index contributed by atoms with van der Waals surface area (Å²) in [4.78, 5) is 12.4. The van der Waals surface area contributed by atoms with Gasteiger partial charge in [0.2, 0.25) is 0 Å². The predicted molar refractivity (Wildman–Crippen MR) is 74.3 cm³/mol. The number of piperidine rings is 1. The van der Waals surface area contributed by atoms with Crippen molar-refractivity contribution in [3.8, 4) is 5.75 Å². The molecule has 0 aromatic heterocycles. The summed E-state index contributed by atoms with van der Waals surface area (Å²) < 4.78 is 18.5. The van der Waals surface area contributed by atoms with Crippen molar-refractivity contribution in [1.29, 1.82) is 0 Å². The number of rotatable bonds is 4. The topological polar surface area (TPSA) is 38.3 Å². The number of carbonyl (C=O) groups excluding carboxylic acids is 1. The first-order valence-corrected chi connectivity index (χ1v) is 7.26. The molecule has 2 bridgehead atoms. The van der Waals surface area contributed by atoms with Crippen LogP contribution in [0.15, 0.2) is 18.2 Å². The molecule has 3 nitrogen and oxygen atoms in total. The van der Waals surface area contributed by atoms with Gasteiger partial charge in [-0.25, -0.2) is 4.39 Å². The van der Waals surface area contributed by atoms with Crippen molar-refractivity contribution in [3.05, 3.63) is 29.6 Å². The minimum absolute atomic E-state index is 0.128. The standard InChI is InChI=1S/C16H20FNO2/c1-20-15-5-10(4-12(17)9-15)6-16(19)11-7-13-2-3-14(8-11)18-13/h4-5,9,11,13-14,18H,2-3,6-8H2,1H3. The van der Waals surface area contributed by atoms with E-state index in [2.05, 4.69) is 5.32 Å². The number of fused-ring (bicyclic) bond motifs is 2. The molecule has 2 fully saturated rings. The maximum absolute atomic E-state index is 13.4. The van der Waals surface area contributed by atoms with Crippen molar-refractivity contribution in [2.45, 2.75) is 44.2 Å². The number of hydrogen-bond donors (Lipinski definition) is 1. The second-order valence-corrected chi connectivity index (χ2v) is 5.95. The van der Waals surface area contributed by atoms with Crippen LogP contribution in [0, 0.1) is 11.7 Å². The number of ether oxygens (including phenoxy) is 1. The minimum atomic E-state index is -0.350. The molecular formula is C16H20FNO2. The van der Waals surface area contributed by atoms with Crippen molar-refractivity contribution in [3.63, 3.8) is 0 Å². The fourth-order valence-electron chi connectivity index (χ4n) is 3.51. The van der Waals surface area contributed by atoms with Crippen LogP contribution in [0.4, 0.5) is 4.39 Å². The molecular weight excluding hydrogens is 257 g/mol. The van der Waals surface area contributed by atoms with Crippen molar-refractivity contribution in [2.24, 2.45) is 5.92 Å². The van der Waals surface area contributed by atoms with Gasteiger partial charge in [-0.05, 0) is 43.4 Å². The zero-order valence-corrected chi connectivity index (χ0v) is 11.7. The summed E-state index contributed by atoms with van der Waals surface area (Å²) in [5, 5.41) is 3.53. The number of Topliss-reactive ketones (excluding diaryl/α,β-unsaturated/α-hetero) is 1. The van der Waals surface area contributed by atoms with E-state index in [0.29, 0.717) is 29.8 Å². The van der Waals surface area contributed by atoms with Gasteiger partial charge in [-0.15, -0.1) is 0 Å². The summed E-state index contributed by atoms with van der Waals surface area (Å²) in [5.41, 5.74) is 0.706. The van der Waals surface area contributed by atoms with Crippen LogP contribution in [0.25, 0.3) is 0 Å². The molecule has 2 atom stereocenters. The van der Waals surface area contributed by atoms with Crippen LogP contribution >= 0.6 is 0 Å². The van der Waals surface area contributed by atoms with Gasteiger partial charge in [0.1, 0.15) is 17.3 Å². The molecule has 20 heavy (non-hydrogen) atoms. The first kappa shape index (κ1) is 13.6. The van der Waals surface area contributed by atoms with Gasteiger partial charge in [0, 0.05) is 30.5 Å². The zero-order chi connectivity index (χ0) is 14.1. The van der Waals surface area contributed by atoms with Crippen LogP contribution in [0.3, 0.4) is 0 Å². The molecule has 0 amide bonds. The summed E-state index contributed by atoms with van der Waals surface area (Å²) >= 11 is 0. The first-order chi connectivity index (χ1) is 9.64. The summed E-state index contributed by atoms with van der Waals surface area (Å²) in [5.74, 6) is 0.481. The Morgan fingerprint density at radius 2 is 2.00 bits per heavy atom. The molecule has 3 rings (SSSR count). The number of nitrogens with one attached hydrogen (secondary N) is 1. The average molecular weight is 277 g/mol. The molecule has 2 saturated heterocycles. The van der Waals surface area contributed by atoms with Crippen molar-refractivity contribution < 1.29 is 13.9 Å². The lowest BCUT2D eigenvalue weighted by Gasteiger charge is -2.28. The molecule has 2 aliphatic heterocycles. The summed E-state index contributed by atoms with van der Waals surface area (Å²) in [6.45, 7) is 0. The molecule has 2 heterocycles. The molecule has 1 aromatic rings. The average Bonchev–Trinajstić information content (AvgIpc) is 2.76. The normalized spacial score (nSPS) is 28.4. The summed E-state index contributed by atoms with van der Waals surface area (Å²) in [7, 11) is 1.50. The van der Waals surface area contributed by atoms with E-state index in [1.807, 2.05) is 0 Å². The molecule has 1 N–H and O–H groups in total. The molecule has 1 aromatic carbocycles. The fraction of sp³-hybridized carbons (Fsp3) is 0.562. The van der Waals surface area contributed by atoms with E-state index in [1.165, 1.54) is 32.1 Å². The number of ketones is 1. The molecule has 2 aliphatic rings. The van der Waals surface area contributed by atoms with Gasteiger partial charge in [0.05, 0.1) is 7.11 Å². The third-order valence-electron chi connectivity index (χ3n) is 4.47. The van der Waals surface area contributed by atoms with Crippen LogP contribution in [0.2, 0.25) is 0 Å². The van der Waals surface area contributed by atoms with E-state index in [4.69, 9.17) is 4.74 Å². The fourth-order valence-corrected chi connectivity index (χ4v) is 3.51. The second-order valence-electron chi connectivity index (χ2n) is 5.95. The van der Waals surface area contributed by atoms with E-state index in [9.17, 15) is 9.18 Å². The Labute approximate surface area is 118 Å². The first-order valence-electron chi connectivity index (χ1n) is 7.26. The highest BCUT2D eigenvalue weighted by Gasteiger charge is 2.36. The molecule has 0 spiro atoms. The minimum Gasteiger partial charge on any atom is -0.497 e. The highest BCUT2D eigenvalue weighted by Crippen LogP contribution is 2.32. The number of carbonyl (C=O) groups is 1. The smallest absolute Gasteiger partial charge is 0.140 e. The highest BCUT2D eigenvalue weighted by molar-refractivity contribution is 5.83. The van der Waals surface area contributed by atoms with Crippen LogP contribution in [-0.2, 0) is 11.2 Å². The maximum Gasteiger partial charge on any atom is 0.140 e. The van der Waals surface area contributed by atoms with Gasteiger partial charge in [-0.1, -0.05) is 0 Å². The Hall–Kier alpha value is -1.42. The van der Waals surface area contributed by atoms with Crippen LogP contribution < -0.4 is 10.1 Å². The Kier molecular flexibility index (Phi) is 3.74. The van der Waals surface area contributed by atoms with E-state index in [1.54, 1.807) is 6.07 Å². The van der Waals surface area contributed by atoms with Gasteiger partial charge in [0.15, 0.2) is 0 Å². The summed E-state index contributed by atoms with van der Waals surface area (Å²) in [6.07, 6.45) is 4.53. The van der Waals surface area contributed by atoms with Gasteiger partial charge >= 0.3 is 0 Å². The second kappa shape index (κ2) is 5.52. The third kappa shape index (κ3) is 2.85. The van der Waals surface area contributed by atoms with E-state index in [-0.39, 0.29) is 17.5 Å². The lowest BCUT2D eigenvalue weighted by molar-refractivity contribution is -0.123. The van der Waals surface area contributed by atoms with E-state index in [0.717, 1.165) is 12.8 Å². The van der Waals surface area contributed by atoms with Gasteiger partial charge in [0.25, 0.3) is 0 Å². The van der Waals surface area contributed by atoms with Crippen molar-refractivity contribution in [1.82, 2.24) is 5.32 Å². The Morgan fingerprint density at radius 3 is 2.65 bits per heavy atom. The Bertz CT molecular complexity index is 505. The summed E-state index contributed by atoms with van der Waals surface area (Å²) in [6, 6.07) is 5.51. The molecule has 2 unspecified atom stereocenters. The Morgan fingerprint density at radius 1 is 1.30 bits per heavy atom. The van der Waals surface area contributed by atoms with Crippen LogP contribution in [0.5, 0.6) is 5.75 Å². The van der Waals surface area contributed by atoms with Gasteiger partial charge in [-0.3, -0.25) is 4.79 Å². The lowest BCUT2D eigenvalue weighted by Crippen LogP contribution is -2.40. The number of benzene rings is 1. The predicted octanol–water partition coefficient (Wildman–Crippen LogP) is 2.48. The number of methoxy groups -OCH3 is 1. The SMILES string of the molecule is COc1cc(F)cc(CC(=O)C2CC3CCC(C2)N3)c1. The van der Waals surface area contributed by atoms with Gasteiger partial charge < -0.3 is 10.1 Å². The molecule has 0 aliphatic carbocycles. The molecule has 4 heteroatoms. The molecule has 0 saturated carbocycles. The number of halogens is 1. The quantitative estimate of drug-likeness (QED) is 0.919. The third-order valence-corrected chi connectivity index (χ3v) is 4.47. The highest BCUT2D eigenvalue weighted by atomic mass is 19.1. The van der Waals surface area contributed by atoms with Crippen molar-refractivity contribution >= 4 is 5.78 Å². The van der Waals surface area contributed by atoms with E-state index < -0.39 is 0 Å². The largest absolute Gasteiger partial charge is 0.497 e. The molecule has 108 valence electrons. The van der Waals surface area contributed by atoms with Crippen LogP contribution in [-0.4, -0.2) is 25.0 Å². The van der Waals surface area contributed by atoms with E-state index >= 15 is 0 Å². The van der Waals surface area contributed by atoms with Crippen molar-refractivity contribution in [2.75, 3.05) is 7.11 Å². The lowest BCUT2D eigenvalue weighted by atomic mass is 9.86. The van der Waals surface area contributed by atoms with Gasteiger partial charge in [-0.2, -0.15) is 0 Å². The maximum atomic E-state index is 13.4. The van der Waals surface area contributed by atoms with Crippen LogP contribution in [0.1, 0.15) is 31.2 Å². The Balaban J connectivity index is 1.68. The monoisotopic (exact) mass is 277 g/mol. The molecule has 0 radical (unpaired) electrons. The zero-order valence-electron chi connectivity index (χ0n) is 11.7. The number of hydrogen-bond acceptors (Lipinski definition) is 3.